The fraction of sp³-hybridized carbons (Fsp3) is 0.344. The van der Waals surface area contributed by atoms with E-state index in [4.69, 9.17) is 15.2 Å². The van der Waals surface area contributed by atoms with Crippen molar-refractivity contribution < 1.29 is 50.9 Å². The van der Waals surface area contributed by atoms with Crippen molar-refractivity contribution in [2.75, 3.05) is 11.9 Å². The van der Waals surface area contributed by atoms with Gasteiger partial charge in [0, 0.05) is 5.92 Å². The number of fused-ring (bicyclic) bond motifs is 3. The molecule has 0 bridgehead atoms. The molecule has 4 N–H and O–H groups in total. The second kappa shape index (κ2) is 12.8. The van der Waals surface area contributed by atoms with Gasteiger partial charge in [-0.25, -0.2) is 31.5 Å². The standard InChI is InChI=1S/C32H31F5N2O6/c1-31(2,3)45-28(40)21(38)13-8-14-32(29(41)42,39-27-25(36)23(34)22(33)24(35)26(27)37)30(43)44-15-20-18-11-6-4-9-16(18)17-10-5-7-12-19(17)20/h4-7,9-12,20-21,39H,8,13-15,38H2,1-3H3,(H,41,42)/t21?,32-/m0/s1. The number of carboxylic acids is 1. The van der Waals surface area contributed by atoms with Gasteiger partial charge in [-0.3, -0.25) is 4.79 Å². The highest BCUT2D eigenvalue weighted by molar-refractivity contribution is 6.07. The second-order valence-corrected chi connectivity index (χ2v) is 11.6. The lowest BCUT2D eigenvalue weighted by Crippen LogP contribution is -2.55. The van der Waals surface area contributed by atoms with Gasteiger partial charge in [-0.05, 0) is 62.3 Å². The first-order valence-corrected chi connectivity index (χ1v) is 14.0. The van der Waals surface area contributed by atoms with Gasteiger partial charge in [-0.15, -0.1) is 0 Å². The fourth-order valence-corrected chi connectivity index (χ4v) is 5.20. The molecular weight excluding hydrogens is 603 g/mol. The number of rotatable bonds is 11. The Hall–Kier alpha value is -4.52. The summed E-state index contributed by atoms with van der Waals surface area (Å²) in [6.07, 6.45) is -1.44. The molecule has 1 aliphatic rings. The minimum absolute atomic E-state index is 0.265. The Morgan fingerprint density at radius 3 is 1.84 bits per heavy atom. The third-order valence-corrected chi connectivity index (χ3v) is 7.38. The van der Waals surface area contributed by atoms with Crippen molar-refractivity contribution in [3.05, 3.63) is 88.7 Å². The van der Waals surface area contributed by atoms with Gasteiger partial charge >= 0.3 is 17.9 Å². The van der Waals surface area contributed by atoms with Gasteiger partial charge < -0.3 is 25.6 Å². The number of hydrogen-bond acceptors (Lipinski definition) is 7. The van der Waals surface area contributed by atoms with E-state index in [1.807, 2.05) is 24.3 Å². The molecule has 0 radical (unpaired) electrons. The molecule has 0 aliphatic heterocycles. The maximum atomic E-state index is 14.7. The summed E-state index contributed by atoms with van der Waals surface area (Å²) in [5.41, 5.74) is 3.42. The lowest BCUT2D eigenvalue weighted by molar-refractivity contribution is -0.160. The van der Waals surface area contributed by atoms with Crippen LogP contribution < -0.4 is 11.1 Å². The van der Waals surface area contributed by atoms with Crippen molar-refractivity contribution in [3.8, 4) is 11.1 Å². The summed E-state index contributed by atoms with van der Waals surface area (Å²) in [6.45, 7) is 4.37. The van der Waals surface area contributed by atoms with Gasteiger partial charge in [-0.1, -0.05) is 48.5 Å². The number of carbonyl (C=O) groups excluding carboxylic acids is 2. The monoisotopic (exact) mass is 634 g/mol. The highest BCUT2D eigenvalue weighted by atomic mass is 19.2. The molecule has 8 nitrogen and oxygen atoms in total. The first kappa shape index (κ1) is 33.4. The number of hydrogen-bond donors (Lipinski definition) is 3. The molecule has 0 saturated carbocycles. The minimum atomic E-state index is -3.07. The number of nitrogens with two attached hydrogens (primary N) is 1. The number of halogens is 5. The molecular formula is C32H31F5N2O6. The van der Waals surface area contributed by atoms with Crippen LogP contribution >= 0.6 is 0 Å². The van der Waals surface area contributed by atoms with Crippen molar-refractivity contribution in [2.24, 2.45) is 5.73 Å². The number of aliphatic carboxylic acids is 1. The van der Waals surface area contributed by atoms with E-state index in [0.717, 1.165) is 22.3 Å². The molecule has 2 atom stereocenters. The number of benzene rings is 3. The summed E-state index contributed by atoms with van der Waals surface area (Å²) in [6, 6.07) is 13.2. The molecule has 0 spiro atoms. The average molecular weight is 635 g/mol. The lowest BCUT2D eigenvalue weighted by atomic mass is 9.90. The first-order valence-electron chi connectivity index (χ1n) is 14.0. The van der Waals surface area contributed by atoms with E-state index in [2.05, 4.69) is 0 Å². The van der Waals surface area contributed by atoms with Gasteiger partial charge in [0.1, 0.15) is 23.9 Å². The summed E-state index contributed by atoms with van der Waals surface area (Å²) >= 11 is 0. The molecule has 240 valence electrons. The van der Waals surface area contributed by atoms with E-state index in [1.54, 1.807) is 50.4 Å². The van der Waals surface area contributed by atoms with E-state index in [0.29, 0.717) is 0 Å². The van der Waals surface area contributed by atoms with Crippen LogP contribution in [0.4, 0.5) is 27.6 Å². The quantitative estimate of drug-likeness (QED) is 0.0793. The highest BCUT2D eigenvalue weighted by Crippen LogP contribution is 2.45. The van der Waals surface area contributed by atoms with E-state index in [1.165, 1.54) is 0 Å². The Bertz CT molecular complexity index is 1570. The number of carbonyl (C=O) groups is 3. The van der Waals surface area contributed by atoms with Crippen LogP contribution in [0, 0.1) is 29.1 Å². The van der Waals surface area contributed by atoms with E-state index in [-0.39, 0.29) is 12.8 Å². The van der Waals surface area contributed by atoms with Crippen LogP contribution in [-0.4, -0.2) is 46.8 Å². The Morgan fingerprint density at radius 2 is 1.36 bits per heavy atom. The topological polar surface area (TPSA) is 128 Å². The van der Waals surface area contributed by atoms with Crippen LogP contribution in [0.15, 0.2) is 48.5 Å². The third kappa shape index (κ3) is 6.63. The Balaban J connectivity index is 1.67. The molecule has 1 unspecified atom stereocenters. The van der Waals surface area contributed by atoms with Crippen LogP contribution in [0.2, 0.25) is 0 Å². The maximum Gasteiger partial charge on any atom is 0.343 e. The lowest BCUT2D eigenvalue weighted by Gasteiger charge is -2.31. The third-order valence-electron chi connectivity index (χ3n) is 7.38. The molecule has 3 aromatic rings. The van der Waals surface area contributed by atoms with Crippen LogP contribution in [0.5, 0.6) is 0 Å². The normalized spacial score (nSPS) is 14.6. The van der Waals surface area contributed by atoms with Gasteiger partial charge in [0.15, 0.2) is 23.3 Å². The first-order chi connectivity index (χ1) is 21.1. The smallest absolute Gasteiger partial charge is 0.343 e. The summed E-state index contributed by atoms with van der Waals surface area (Å²) < 4.78 is 82.0. The van der Waals surface area contributed by atoms with Crippen LogP contribution in [0.25, 0.3) is 11.1 Å². The summed E-state index contributed by atoms with van der Waals surface area (Å²) in [5.74, 6) is -16.9. The Labute approximate surface area is 255 Å². The summed E-state index contributed by atoms with van der Waals surface area (Å²) in [5, 5.41) is 12.0. The van der Waals surface area contributed by atoms with Crippen molar-refractivity contribution in [2.45, 2.75) is 63.1 Å². The molecule has 0 aromatic heterocycles. The number of carboxylic acid groups (broad SMARTS) is 1. The molecule has 0 amide bonds. The number of nitrogens with one attached hydrogen (secondary N) is 1. The zero-order valence-electron chi connectivity index (χ0n) is 24.6. The van der Waals surface area contributed by atoms with Crippen LogP contribution in [0.1, 0.15) is 57.1 Å². The zero-order valence-corrected chi connectivity index (χ0v) is 24.6. The maximum absolute atomic E-state index is 14.7. The summed E-state index contributed by atoms with van der Waals surface area (Å²) in [7, 11) is 0. The number of ether oxygens (including phenoxy) is 2. The molecule has 1 aliphatic carbocycles. The fourth-order valence-electron chi connectivity index (χ4n) is 5.20. The van der Waals surface area contributed by atoms with Gasteiger partial charge in [-0.2, -0.15) is 0 Å². The Morgan fingerprint density at radius 1 is 0.867 bits per heavy atom. The van der Waals surface area contributed by atoms with Gasteiger partial charge in [0.2, 0.25) is 11.4 Å². The molecule has 45 heavy (non-hydrogen) atoms. The second-order valence-electron chi connectivity index (χ2n) is 11.6. The van der Waals surface area contributed by atoms with Gasteiger partial charge in [0.05, 0.1) is 0 Å². The van der Waals surface area contributed by atoms with E-state index >= 15 is 0 Å². The van der Waals surface area contributed by atoms with Crippen molar-refractivity contribution in [3.63, 3.8) is 0 Å². The van der Waals surface area contributed by atoms with E-state index in [9.17, 15) is 41.4 Å². The predicted molar refractivity (Wildman–Crippen MR) is 153 cm³/mol. The molecule has 13 heteroatoms. The van der Waals surface area contributed by atoms with Crippen molar-refractivity contribution in [1.82, 2.24) is 0 Å². The molecule has 0 saturated heterocycles. The number of esters is 2. The minimum Gasteiger partial charge on any atom is -0.479 e. The Kier molecular flexibility index (Phi) is 9.52. The largest absolute Gasteiger partial charge is 0.479 e. The molecule has 3 aromatic carbocycles. The molecule has 0 fully saturated rings. The van der Waals surface area contributed by atoms with Crippen molar-refractivity contribution in [1.29, 1.82) is 0 Å². The highest BCUT2D eigenvalue weighted by Gasteiger charge is 2.50. The van der Waals surface area contributed by atoms with Gasteiger partial charge in [0.25, 0.3) is 0 Å². The van der Waals surface area contributed by atoms with Crippen LogP contribution in [0.3, 0.4) is 0 Å². The molecule has 4 rings (SSSR count). The molecule has 0 heterocycles. The summed E-state index contributed by atoms with van der Waals surface area (Å²) in [4.78, 5) is 38.7. The zero-order chi connectivity index (χ0) is 33.3. The predicted octanol–water partition coefficient (Wildman–Crippen LogP) is 5.81. The van der Waals surface area contributed by atoms with E-state index < -0.39 is 88.8 Å². The SMILES string of the molecule is CC(C)(C)OC(=O)C(N)CCC[C@](Nc1c(F)c(F)c(F)c(F)c1F)(C(=O)O)C(=O)OCC1c2ccccc2-c2ccccc21. The van der Waals surface area contributed by atoms with Crippen molar-refractivity contribution >= 4 is 23.6 Å². The number of anilines is 1. The van der Waals surface area contributed by atoms with Crippen LogP contribution in [-0.2, 0) is 23.9 Å². The average Bonchev–Trinajstić information content (AvgIpc) is 3.31.